The maximum Gasteiger partial charge on any atom is 0.224 e. The van der Waals surface area contributed by atoms with Crippen molar-refractivity contribution in [1.82, 2.24) is 14.9 Å². The summed E-state index contributed by atoms with van der Waals surface area (Å²) in [5.74, 6) is 1.74. The highest BCUT2D eigenvalue weighted by Gasteiger charge is 2.32. The van der Waals surface area contributed by atoms with Crippen molar-refractivity contribution in [3.05, 3.63) is 53.7 Å². The van der Waals surface area contributed by atoms with Gasteiger partial charge in [-0.3, -0.25) is 4.79 Å². The molecular formula is C20H25FN4O. The summed E-state index contributed by atoms with van der Waals surface area (Å²) in [7, 11) is 0. The van der Waals surface area contributed by atoms with E-state index in [4.69, 9.17) is 0 Å². The average molecular weight is 356 g/mol. The summed E-state index contributed by atoms with van der Waals surface area (Å²) in [6, 6.07) is 8.33. The van der Waals surface area contributed by atoms with Crippen molar-refractivity contribution in [1.29, 1.82) is 0 Å². The first-order valence-electron chi connectivity index (χ1n) is 9.02. The van der Waals surface area contributed by atoms with Gasteiger partial charge in [0.1, 0.15) is 17.5 Å². The van der Waals surface area contributed by atoms with Gasteiger partial charge in [0.05, 0.1) is 6.04 Å². The molecule has 26 heavy (non-hydrogen) atoms. The highest BCUT2D eigenvalue weighted by molar-refractivity contribution is 5.78. The third-order valence-corrected chi connectivity index (χ3v) is 4.84. The summed E-state index contributed by atoms with van der Waals surface area (Å²) in [6.07, 6.45) is 2.19. The number of halogens is 1. The fourth-order valence-electron chi connectivity index (χ4n) is 3.37. The minimum Gasteiger partial charge on any atom is -0.354 e. The number of benzene rings is 1. The van der Waals surface area contributed by atoms with E-state index < -0.39 is 0 Å². The second-order valence-electron chi connectivity index (χ2n) is 7.12. The second-order valence-corrected chi connectivity index (χ2v) is 7.12. The number of hydrogen-bond acceptors (Lipinski definition) is 4. The lowest BCUT2D eigenvalue weighted by Gasteiger charge is -2.35. The standard InChI is InChI=1S/C20H25FN4O/c1-14(2)18-13-24(19-8-10-22-15(3)23-19)11-9-20(26)25(18)12-16-4-6-17(21)7-5-16/h4-8,10,14,18H,9,11-13H2,1-3H3/t18-/m0/s1. The molecule has 1 fully saturated rings. The third kappa shape index (κ3) is 4.18. The molecule has 0 radical (unpaired) electrons. The molecule has 1 aromatic heterocycles. The molecule has 0 spiro atoms. The predicted octanol–water partition coefficient (Wildman–Crippen LogP) is 3.19. The van der Waals surface area contributed by atoms with Gasteiger partial charge in [-0.25, -0.2) is 14.4 Å². The molecule has 0 unspecified atom stereocenters. The average Bonchev–Trinajstić information content (AvgIpc) is 2.77. The zero-order chi connectivity index (χ0) is 18.7. The minimum atomic E-state index is -0.262. The van der Waals surface area contributed by atoms with E-state index in [1.807, 2.05) is 17.9 Å². The van der Waals surface area contributed by atoms with Crippen molar-refractivity contribution in [2.75, 3.05) is 18.0 Å². The summed E-state index contributed by atoms with van der Waals surface area (Å²) in [5.41, 5.74) is 0.941. The molecule has 1 aliphatic heterocycles. The van der Waals surface area contributed by atoms with Crippen LogP contribution in [0.3, 0.4) is 0 Å². The highest BCUT2D eigenvalue weighted by atomic mass is 19.1. The number of carbonyl (C=O) groups excluding carboxylic acids is 1. The summed E-state index contributed by atoms with van der Waals surface area (Å²) < 4.78 is 13.2. The van der Waals surface area contributed by atoms with Crippen molar-refractivity contribution in [3.8, 4) is 0 Å². The molecule has 0 aliphatic carbocycles. The van der Waals surface area contributed by atoms with Crippen molar-refractivity contribution in [2.24, 2.45) is 5.92 Å². The van der Waals surface area contributed by atoms with Gasteiger partial charge in [-0.15, -0.1) is 0 Å². The molecule has 6 heteroatoms. The topological polar surface area (TPSA) is 49.3 Å². The summed E-state index contributed by atoms with van der Waals surface area (Å²) in [6.45, 7) is 7.99. The van der Waals surface area contributed by atoms with Crippen LogP contribution in [0.25, 0.3) is 0 Å². The Bertz CT molecular complexity index is 763. The van der Waals surface area contributed by atoms with E-state index in [0.717, 1.165) is 23.8 Å². The number of nitrogens with zero attached hydrogens (tertiary/aromatic N) is 4. The van der Waals surface area contributed by atoms with Gasteiger partial charge in [0.15, 0.2) is 0 Å². The van der Waals surface area contributed by atoms with E-state index in [0.29, 0.717) is 25.4 Å². The molecular weight excluding hydrogens is 331 g/mol. The SMILES string of the molecule is Cc1nccc(N2CCC(=O)N(Cc3ccc(F)cc3)[C@H](C(C)C)C2)n1. The Morgan fingerprint density at radius 1 is 1.23 bits per heavy atom. The first-order valence-corrected chi connectivity index (χ1v) is 9.02. The molecule has 2 heterocycles. The quantitative estimate of drug-likeness (QED) is 0.844. The monoisotopic (exact) mass is 356 g/mol. The van der Waals surface area contributed by atoms with Crippen molar-refractivity contribution >= 4 is 11.7 Å². The molecule has 0 bridgehead atoms. The largest absolute Gasteiger partial charge is 0.354 e. The first-order chi connectivity index (χ1) is 12.4. The van der Waals surface area contributed by atoms with Gasteiger partial charge < -0.3 is 9.80 Å². The zero-order valence-electron chi connectivity index (χ0n) is 15.5. The number of aromatic nitrogens is 2. The van der Waals surface area contributed by atoms with Crippen molar-refractivity contribution in [2.45, 2.75) is 39.8 Å². The molecule has 1 atom stereocenters. The van der Waals surface area contributed by atoms with E-state index in [1.165, 1.54) is 12.1 Å². The smallest absolute Gasteiger partial charge is 0.224 e. The van der Waals surface area contributed by atoms with Gasteiger partial charge >= 0.3 is 0 Å². The number of hydrogen-bond donors (Lipinski definition) is 0. The molecule has 138 valence electrons. The molecule has 3 rings (SSSR count). The Balaban J connectivity index is 1.85. The van der Waals surface area contributed by atoms with E-state index >= 15 is 0 Å². The normalized spacial score (nSPS) is 18.3. The number of anilines is 1. The molecule has 5 nitrogen and oxygen atoms in total. The van der Waals surface area contributed by atoms with Crippen LogP contribution in [-0.4, -0.2) is 39.9 Å². The number of carbonyl (C=O) groups is 1. The summed E-state index contributed by atoms with van der Waals surface area (Å²) in [4.78, 5) is 25.6. The molecule has 1 saturated heterocycles. The lowest BCUT2D eigenvalue weighted by Crippen LogP contribution is -2.46. The first kappa shape index (κ1) is 18.3. The Kier molecular flexibility index (Phi) is 5.49. The van der Waals surface area contributed by atoms with Crippen molar-refractivity contribution < 1.29 is 9.18 Å². The van der Waals surface area contributed by atoms with E-state index in [-0.39, 0.29) is 17.8 Å². The Labute approximate surface area is 153 Å². The lowest BCUT2D eigenvalue weighted by atomic mass is 10.0. The molecule has 1 aromatic carbocycles. The van der Waals surface area contributed by atoms with E-state index in [9.17, 15) is 9.18 Å². The fraction of sp³-hybridized carbons (Fsp3) is 0.450. The van der Waals surface area contributed by atoms with Crippen LogP contribution >= 0.6 is 0 Å². The lowest BCUT2D eigenvalue weighted by molar-refractivity contribution is -0.134. The highest BCUT2D eigenvalue weighted by Crippen LogP contribution is 2.23. The van der Waals surface area contributed by atoms with Gasteiger partial charge in [0.2, 0.25) is 5.91 Å². The molecule has 0 N–H and O–H groups in total. The van der Waals surface area contributed by atoms with Gasteiger partial charge in [-0.1, -0.05) is 26.0 Å². The van der Waals surface area contributed by atoms with Gasteiger partial charge in [-0.05, 0) is 36.6 Å². The second kappa shape index (κ2) is 7.81. The van der Waals surface area contributed by atoms with E-state index in [1.54, 1.807) is 18.3 Å². The number of aryl methyl sites for hydroxylation is 1. The van der Waals surface area contributed by atoms with Crippen LogP contribution < -0.4 is 4.90 Å². The Hall–Kier alpha value is -2.50. The van der Waals surface area contributed by atoms with Crippen LogP contribution in [0.15, 0.2) is 36.5 Å². The summed E-state index contributed by atoms with van der Waals surface area (Å²) in [5, 5.41) is 0. The van der Waals surface area contributed by atoms with Crippen LogP contribution in [0.4, 0.5) is 10.2 Å². The molecule has 0 saturated carbocycles. The zero-order valence-corrected chi connectivity index (χ0v) is 15.5. The van der Waals surface area contributed by atoms with Crippen LogP contribution in [0.2, 0.25) is 0 Å². The van der Waals surface area contributed by atoms with Crippen LogP contribution in [0, 0.1) is 18.7 Å². The van der Waals surface area contributed by atoms with Gasteiger partial charge in [-0.2, -0.15) is 0 Å². The Morgan fingerprint density at radius 3 is 2.62 bits per heavy atom. The predicted molar refractivity (Wildman–Crippen MR) is 99.2 cm³/mol. The van der Waals surface area contributed by atoms with Crippen LogP contribution in [0.5, 0.6) is 0 Å². The maximum absolute atomic E-state index is 13.2. The maximum atomic E-state index is 13.2. The van der Waals surface area contributed by atoms with Gasteiger partial charge in [0, 0.05) is 32.3 Å². The van der Waals surface area contributed by atoms with Crippen molar-refractivity contribution in [3.63, 3.8) is 0 Å². The number of amides is 1. The molecule has 1 amide bonds. The minimum absolute atomic E-state index is 0.0605. The van der Waals surface area contributed by atoms with E-state index in [2.05, 4.69) is 28.7 Å². The summed E-state index contributed by atoms with van der Waals surface area (Å²) >= 11 is 0. The third-order valence-electron chi connectivity index (χ3n) is 4.84. The van der Waals surface area contributed by atoms with Crippen LogP contribution in [-0.2, 0) is 11.3 Å². The number of rotatable bonds is 4. The Morgan fingerprint density at radius 2 is 1.96 bits per heavy atom. The fourth-order valence-corrected chi connectivity index (χ4v) is 3.37. The van der Waals surface area contributed by atoms with Gasteiger partial charge in [0.25, 0.3) is 0 Å². The van der Waals surface area contributed by atoms with Crippen LogP contribution in [0.1, 0.15) is 31.7 Å². The molecule has 1 aliphatic rings. The molecule has 2 aromatic rings.